The Morgan fingerprint density at radius 1 is 1.36 bits per heavy atom. The van der Waals surface area contributed by atoms with Gasteiger partial charge in [-0.3, -0.25) is 0 Å². The molecule has 0 bridgehead atoms. The molecule has 0 saturated carbocycles. The summed E-state index contributed by atoms with van der Waals surface area (Å²) in [6.45, 7) is 10.7. The minimum Gasteiger partial charge on any atom is -0.382 e. The van der Waals surface area contributed by atoms with Gasteiger partial charge in [0.1, 0.15) is 11.4 Å². The molecule has 0 aliphatic rings. The lowest BCUT2D eigenvalue weighted by Gasteiger charge is -2.36. The fourth-order valence-corrected chi connectivity index (χ4v) is 1.33. The molecule has 0 fully saturated rings. The largest absolute Gasteiger partial charge is 0.382 e. The van der Waals surface area contributed by atoms with Crippen molar-refractivity contribution in [3.05, 3.63) is 18.2 Å². The summed E-state index contributed by atoms with van der Waals surface area (Å²) in [4.78, 5) is 4.24. The van der Waals surface area contributed by atoms with Crippen molar-refractivity contribution in [1.82, 2.24) is 9.55 Å². The van der Waals surface area contributed by atoms with Crippen molar-refractivity contribution < 1.29 is 5.11 Å². The maximum Gasteiger partial charge on any atom is 0.141 e. The molecule has 0 amide bonds. The molecule has 80 valence electrons. The van der Waals surface area contributed by atoms with Gasteiger partial charge in [-0.1, -0.05) is 20.8 Å². The lowest BCUT2D eigenvalue weighted by Crippen LogP contribution is -2.39. The Labute approximate surface area is 85.8 Å². The third-order valence-corrected chi connectivity index (χ3v) is 2.95. The number of nitrogens with zero attached hydrogens (tertiary/aromatic N) is 2. The highest BCUT2D eigenvalue weighted by atomic mass is 16.3. The maximum atomic E-state index is 10.4. The summed E-state index contributed by atoms with van der Waals surface area (Å²) in [5.41, 5.74) is -1.11. The maximum absolute atomic E-state index is 10.4. The van der Waals surface area contributed by atoms with E-state index in [0.717, 1.165) is 12.4 Å². The molecule has 1 heterocycles. The molecule has 0 saturated heterocycles. The van der Waals surface area contributed by atoms with E-state index >= 15 is 0 Å². The molecule has 0 aliphatic heterocycles. The Morgan fingerprint density at radius 3 is 2.36 bits per heavy atom. The first-order valence-corrected chi connectivity index (χ1v) is 5.04. The Bertz CT molecular complexity index is 307. The Balaban J connectivity index is 3.16. The molecule has 1 unspecified atom stereocenters. The van der Waals surface area contributed by atoms with Crippen LogP contribution in [0.4, 0.5) is 0 Å². The number of aromatic nitrogens is 2. The molecule has 3 nitrogen and oxygen atoms in total. The zero-order valence-electron chi connectivity index (χ0n) is 9.70. The number of hydrogen-bond acceptors (Lipinski definition) is 2. The molecule has 0 radical (unpaired) electrons. The molecule has 1 atom stereocenters. The van der Waals surface area contributed by atoms with Crippen LogP contribution in [0.25, 0.3) is 0 Å². The van der Waals surface area contributed by atoms with Crippen LogP contribution in [0.1, 0.15) is 40.4 Å². The van der Waals surface area contributed by atoms with Crippen LogP contribution < -0.4 is 0 Å². The van der Waals surface area contributed by atoms with Crippen LogP contribution in [0, 0.1) is 5.41 Å². The van der Waals surface area contributed by atoms with Crippen molar-refractivity contribution in [2.24, 2.45) is 5.41 Å². The number of imidazole rings is 1. The summed E-state index contributed by atoms with van der Waals surface area (Å²) in [6.07, 6.45) is 3.63. The summed E-state index contributed by atoms with van der Waals surface area (Å²) < 4.78 is 1.98. The SMILES string of the molecule is CCn1ccnc1C(C)(O)C(C)(C)C. The Hall–Kier alpha value is -0.830. The van der Waals surface area contributed by atoms with Gasteiger partial charge >= 0.3 is 0 Å². The predicted octanol–water partition coefficient (Wildman–Crippen LogP) is 2.16. The molecule has 0 spiro atoms. The minimum atomic E-state index is -0.896. The summed E-state index contributed by atoms with van der Waals surface area (Å²) in [6, 6.07) is 0. The molecule has 14 heavy (non-hydrogen) atoms. The monoisotopic (exact) mass is 196 g/mol. The van der Waals surface area contributed by atoms with E-state index in [-0.39, 0.29) is 5.41 Å². The third kappa shape index (κ3) is 1.69. The van der Waals surface area contributed by atoms with Crippen molar-refractivity contribution >= 4 is 0 Å². The van der Waals surface area contributed by atoms with Crippen molar-refractivity contribution in [2.75, 3.05) is 0 Å². The van der Waals surface area contributed by atoms with Gasteiger partial charge in [0.05, 0.1) is 0 Å². The van der Waals surface area contributed by atoms with Gasteiger partial charge in [-0.15, -0.1) is 0 Å². The summed E-state index contributed by atoms with van der Waals surface area (Å²) in [5.74, 6) is 0.743. The lowest BCUT2D eigenvalue weighted by atomic mass is 9.77. The Kier molecular flexibility index (Phi) is 2.72. The van der Waals surface area contributed by atoms with E-state index in [9.17, 15) is 5.11 Å². The molecule has 0 aliphatic carbocycles. The summed E-state index contributed by atoms with van der Waals surface area (Å²) in [5, 5.41) is 10.4. The van der Waals surface area contributed by atoms with E-state index in [4.69, 9.17) is 0 Å². The van der Waals surface area contributed by atoms with Gasteiger partial charge in [0.15, 0.2) is 0 Å². The quantitative estimate of drug-likeness (QED) is 0.787. The minimum absolute atomic E-state index is 0.217. The van der Waals surface area contributed by atoms with Gasteiger partial charge in [0, 0.05) is 18.9 Å². The van der Waals surface area contributed by atoms with E-state index in [2.05, 4.69) is 4.98 Å². The van der Waals surface area contributed by atoms with E-state index in [1.807, 2.05) is 45.4 Å². The van der Waals surface area contributed by atoms with E-state index in [1.54, 1.807) is 6.20 Å². The van der Waals surface area contributed by atoms with Gasteiger partial charge in [-0.2, -0.15) is 0 Å². The van der Waals surface area contributed by atoms with Crippen LogP contribution >= 0.6 is 0 Å². The van der Waals surface area contributed by atoms with E-state index in [0.29, 0.717) is 0 Å². The highest BCUT2D eigenvalue weighted by Crippen LogP contribution is 2.37. The standard InChI is InChI=1S/C11H20N2O/c1-6-13-8-7-12-9(13)11(5,14)10(2,3)4/h7-8,14H,6H2,1-5H3. The average Bonchev–Trinajstić information content (AvgIpc) is 2.49. The zero-order chi connectivity index (χ0) is 11.0. The first kappa shape index (κ1) is 11.2. The molecule has 1 N–H and O–H groups in total. The van der Waals surface area contributed by atoms with Crippen LogP contribution in [0.3, 0.4) is 0 Å². The number of rotatable bonds is 2. The van der Waals surface area contributed by atoms with Gasteiger partial charge in [0.2, 0.25) is 0 Å². The molecule has 1 rings (SSSR count). The van der Waals surface area contributed by atoms with Crippen molar-refractivity contribution in [1.29, 1.82) is 0 Å². The second-order valence-corrected chi connectivity index (χ2v) is 4.86. The second kappa shape index (κ2) is 3.39. The molecule has 1 aromatic rings. The highest BCUT2D eigenvalue weighted by Gasteiger charge is 2.40. The van der Waals surface area contributed by atoms with Crippen LogP contribution in [-0.2, 0) is 12.1 Å². The molecular formula is C11H20N2O. The summed E-state index contributed by atoms with van der Waals surface area (Å²) >= 11 is 0. The van der Waals surface area contributed by atoms with Crippen LogP contribution in [-0.4, -0.2) is 14.7 Å². The fraction of sp³-hybridized carbons (Fsp3) is 0.727. The third-order valence-electron chi connectivity index (χ3n) is 2.95. The first-order valence-electron chi connectivity index (χ1n) is 5.04. The normalized spacial score (nSPS) is 16.7. The lowest BCUT2D eigenvalue weighted by molar-refractivity contribution is -0.0570. The molecule has 1 aromatic heterocycles. The van der Waals surface area contributed by atoms with Gasteiger partial charge in [-0.05, 0) is 19.3 Å². The van der Waals surface area contributed by atoms with Crippen LogP contribution in [0.15, 0.2) is 12.4 Å². The first-order chi connectivity index (χ1) is 6.30. The molecular weight excluding hydrogens is 176 g/mol. The van der Waals surface area contributed by atoms with Gasteiger partial charge in [-0.25, -0.2) is 4.98 Å². The van der Waals surface area contributed by atoms with Crippen LogP contribution in [0.5, 0.6) is 0 Å². The average molecular weight is 196 g/mol. The van der Waals surface area contributed by atoms with Crippen molar-refractivity contribution in [2.45, 2.75) is 46.8 Å². The van der Waals surface area contributed by atoms with Crippen molar-refractivity contribution in [3.8, 4) is 0 Å². The zero-order valence-corrected chi connectivity index (χ0v) is 9.70. The summed E-state index contributed by atoms with van der Waals surface area (Å²) in [7, 11) is 0. The van der Waals surface area contributed by atoms with Crippen LogP contribution in [0.2, 0.25) is 0 Å². The fourth-order valence-electron chi connectivity index (χ4n) is 1.33. The smallest absolute Gasteiger partial charge is 0.141 e. The van der Waals surface area contributed by atoms with Crippen molar-refractivity contribution in [3.63, 3.8) is 0 Å². The van der Waals surface area contributed by atoms with E-state index < -0.39 is 5.60 Å². The molecule has 3 heteroatoms. The highest BCUT2D eigenvalue weighted by molar-refractivity contribution is 5.07. The van der Waals surface area contributed by atoms with Gasteiger partial charge < -0.3 is 9.67 Å². The number of hydrogen-bond donors (Lipinski definition) is 1. The number of aliphatic hydroxyl groups is 1. The predicted molar refractivity (Wildman–Crippen MR) is 56.9 cm³/mol. The molecule has 0 aromatic carbocycles. The van der Waals surface area contributed by atoms with E-state index in [1.165, 1.54) is 0 Å². The Morgan fingerprint density at radius 2 is 1.93 bits per heavy atom. The van der Waals surface area contributed by atoms with Gasteiger partial charge in [0.25, 0.3) is 0 Å². The number of aryl methyl sites for hydroxylation is 1. The second-order valence-electron chi connectivity index (χ2n) is 4.86. The topological polar surface area (TPSA) is 38.0 Å².